The van der Waals surface area contributed by atoms with Crippen molar-refractivity contribution in [2.24, 2.45) is 5.73 Å². The topological polar surface area (TPSA) is 58.4 Å². The third-order valence-corrected chi connectivity index (χ3v) is 2.79. The molecule has 16 heavy (non-hydrogen) atoms. The summed E-state index contributed by atoms with van der Waals surface area (Å²) in [5.74, 6) is 0.161. The molecule has 0 aromatic heterocycles. The maximum atomic E-state index is 11.5. The molecule has 1 rings (SSSR count). The minimum atomic E-state index is 0.161. The highest BCUT2D eigenvalue weighted by Crippen LogP contribution is 2.26. The fraction of sp³-hybridized carbons (Fsp3) is 0.917. The van der Waals surface area contributed by atoms with Gasteiger partial charge in [-0.2, -0.15) is 0 Å². The minimum absolute atomic E-state index is 0.161. The first-order valence-corrected chi connectivity index (χ1v) is 6.37. The Kier molecular flexibility index (Phi) is 5.77. The monoisotopic (exact) mass is 227 g/mol. The van der Waals surface area contributed by atoms with Gasteiger partial charge in [0.05, 0.1) is 0 Å². The van der Waals surface area contributed by atoms with Crippen LogP contribution in [0.4, 0.5) is 0 Å². The SMILES string of the molecule is CC(C)NC(=O)CCN(CCCN)C1CC1. The molecular weight excluding hydrogens is 202 g/mol. The lowest BCUT2D eigenvalue weighted by Gasteiger charge is -2.21. The van der Waals surface area contributed by atoms with Gasteiger partial charge in [0.1, 0.15) is 0 Å². The average Bonchev–Trinajstić information content (AvgIpc) is 3.00. The van der Waals surface area contributed by atoms with E-state index in [1.165, 1.54) is 12.8 Å². The summed E-state index contributed by atoms with van der Waals surface area (Å²) in [7, 11) is 0. The van der Waals surface area contributed by atoms with Crippen molar-refractivity contribution in [3.8, 4) is 0 Å². The third-order valence-electron chi connectivity index (χ3n) is 2.79. The molecule has 0 aromatic carbocycles. The van der Waals surface area contributed by atoms with Crippen LogP contribution in [0.3, 0.4) is 0 Å². The van der Waals surface area contributed by atoms with Gasteiger partial charge in [0.25, 0.3) is 0 Å². The molecule has 1 aliphatic carbocycles. The molecule has 0 heterocycles. The number of rotatable bonds is 8. The van der Waals surface area contributed by atoms with E-state index in [9.17, 15) is 4.79 Å². The van der Waals surface area contributed by atoms with E-state index in [4.69, 9.17) is 5.73 Å². The van der Waals surface area contributed by atoms with E-state index in [-0.39, 0.29) is 11.9 Å². The molecule has 94 valence electrons. The van der Waals surface area contributed by atoms with E-state index in [0.29, 0.717) is 6.42 Å². The van der Waals surface area contributed by atoms with E-state index >= 15 is 0 Å². The highest BCUT2D eigenvalue weighted by molar-refractivity contribution is 5.76. The molecule has 0 atom stereocenters. The minimum Gasteiger partial charge on any atom is -0.354 e. The normalized spacial score (nSPS) is 15.8. The summed E-state index contributed by atoms with van der Waals surface area (Å²) in [6.07, 6.45) is 4.22. The number of hydrogen-bond acceptors (Lipinski definition) is 3. The van der Waals surface area contributed by atoms with E-state index in [1.54, 1.807) is 0 Å². The Morgan fingerprint density at radius 1 is 1.44 bits per heavy atom. The lowest BCUT2D eigenvalue weighted by Crippen LogP contribution is -2.35. The van der Waals surface area contributed by atoms with Crippen LogP contribution in [0.1, 0.15) is 39.5 Å². The van der Waals surface area contributed by atoms with Crippen molar-refractivity contribution in [2.45, 2.75) is 51.6 Å². The van der Waals surface area contributed by atoms with Crippen molar-refractivity contribution in [1.82, 2.24) is 10.2 Å². The predicted octanol–water partition coefficient (Wildman–Crippen LogP) is 0.714. The first kappa shape index (κ1) is 13.5. The summed E-state index contributed by atoms with van der Waals surface area (Å²) in [6, 6.07) is 0.962. The molecule has 4 nitrogen and oxygen atoms in total. The lowest BCUT2D eigenvalue weighted by atomic mass is 10.3. The molecule has 0 aliphatic heterocycles. The molecule has 0 aromatic rings. The Bertz CT molecular complexity index is 214. The summed E-state index contributed by atoms with van der Waals surface area (Å²) in [6.45, 7) is 6.64. The molecule has 4 heteroatoms. The van der Waals surface area contributed by atoms with Gasteiger partial charge in [-0.1, -0.05) is 0 Å². The Labute approximate surface area is 98.6 Å². The zero-order chi connectivity index (χ0) is 12.0. The number of amides is 1. The van der Waals surface area contributed by atoms with Crippen molar-refractivity contribution in [2.75, 3.05) is 19.6 Å². The number of hydrogen-bond donors (Lipinski definition) is 2. The second kappa shape index (κ2) is 6.86. The van der Waals surface area contributed by atoms with Gasteiger partial charge >= 0.3 is 0 Å². The number of nitrogens with one attached hydrogen (secondary N) is 1. The number of nitrogens with zero attached hydrogens (tertiary/aromatic N) is 1. The summed E-state index contributed by atoms with van der Waals surface area (Å²) in [4.78, 5) is 13.9. The smallest absolute Gasteiger partial charge is 0.221 e. The fourth-order valence-electron chi connectivity index (χ4n) is 1.85. The van der Waals surface area contributed by atoms with Crippen molar-refractivity contribution in [3.63, 3.8) is 0 Å². The summed E-state index contributed by atoms with van der Waals surface area (Å²) >= 11 is 0. The summed E-state index contributed by atoms with van der Waals surface area (Å²) in [5.41, 5.74) is 5.51. The van der Waals surface area contributed by atoms with Crippen LogP contribution in [-0.4, -0.2) is 42.5 Å². The van der Waals surface area contributed by atoms with Crippen molar-refractivity contribution in [1.29, 1.82) is 0 Å². The van der Waals surface area contributed by atoms with Gasteiger partial charge in [0, 0.05) is 25.0 Å². The Morgan fingerprint density at radius 2 is 2.12 bits per heavy atom. The Balaban J connectivity index is 2.18. The van der Waals surface area contributed by atoms with Crippen LogP contribution in [0.5, 0.6) is 0 Å². The van der Waals surface area contributed by atoms with Gasteiger partial charge < -0.3 is 11.1 Å². The largest absolute Gasteiger partial charge is 0.354 e. The van der Waals surface area contributed by atoms with Gasteiger partial charge in [-0.3, -0.25) is 9.69 Å². The van der Waals surface area contributed by atoms with E-state index < -0.39 is 0 Å². The molecule has 3 N–H and O–H groups in total. The zero-order valence-electron chi connectivity index (χ0n) is 10.5. The number of nitrogens with two attached hydrogens (primary N) is 1. The molecule has 1 fully saturated rings. The quantitative estimate of drug-likeness (QED) is 0.642. The predicted molar refractivity (Wildman–Crippen MR) is 66.2 cm³/mol. The van der Waals surface area contributed by atoms with Gasteiger partial charge in [-0.25, -0.2) is 0 Å². The maximum absolute atomic E-state index is 11.5. The van der Waals surface area contributed by atoms with Crippen LogP contribution in [0.25, 0.3) is 0 Å². The molecule has 1 saturated carbocycles. The van der Waals surface area contributed by atoms with Crippen LogP contribution in [0.15, 0.2) is 0 Å². The third kappa shape index (κ3) is 5.47. The molecular formula is C12H25N3O. The average molecular weight is 227 g/mol. The zero-order valence-corrected chi connectivity index (χ0v) is 10.5. The van der Waals surface area contributed by atoms with Gasteiger partial charge in [-0.15, -0.1) is 0 Å². The molecule has 0 spiro atoms. The molecule has 0 saturated heterocycles. The molecule has 0 bridgehead atoms. The first-order chi connectivity index (χ1) is 7.63. The summed E-state index contributed by atoms with van der Waals surface area (Å²) < 4.78 is 0. The van der Waals surface area contributed by atoms with Crippen LogP contribution >= 0.6 is 0 Å². The molecule has 0 radical (unpaired) electrons. The highest BCUT2D eigenvalue weighted by Gasteiger charge is 2.28. The standard InChI is InChI=1S/C12H25N3O/c1-10(2)14-12(16)6-9-15(8-3-7-13)11-4-5-11/h10-11H,3-9,13H2,1-2H3,(H,14,16). The van der Waals surface area contributed by atoms with Gasteiger partial charge in [0.2, 0.25) is 5.91 Å². The van der Waals surface area contributed by atoms with Gasteiger partial charge in [-0.05, 0) is 46.2 Å². The fourth-order valence-corrected chi connectivity index (χ4v) is 1.85. The van der Waals surface area contributed by atoms with E-state index in [2.05, 4.69) is 10.2 Å². The molecule has 0 unspecified atom stereocenters. The second-order valence-corrected chi connectivity index (χ2v) is 4.88. The first-order valence-electron chi connectivity index (χ1n) is 6.37. The maximum Gasteiger partial charge on any atom is 0.221 e. The highest BCUT2D eigenvalue weighted by atomic mass is 16.1. The number of carbonyl (C=O) groups is 1. The lowest BCUT2D eigenvalue weighted by molar-refractivity contribution is -0.121. The van der Waals surface area contributed by atoms with Crippen LogP contribution in [0.2, 0.25) is 0 Å². The van der Waals surface area contributed by atoms with Crippen LogP contribution < -0.4 is 11.1 Å². The van der Waals surface area contributed by atoms with E-state index in [1.807, 2.05) is 13.8 Å². The van der Waals surface area contributed by atoms with Crippen LogP contribution in [-0.2, 0) is 4.79 Å². The van der Waals surface area contributed by atoms with Crippen molar-refractivity contribution >= 4 is 5.91 Å². The van der Waals surface area contributed by atoms with E-state index in [0.717, 1.165) is 32.1 Å². The molecule has 1 amide bonds. The van der Waals surface area contributed by atoms with Crippen molar-refractivity contribution in [3.05, 3.63) is 0 Å². The second-order valence-electron chi connectivity index (χ2n) is 4.88. The Morgan fingerprint density at radius 3 is 2.62 bits per heavy atom. The van der Waals surface area contributed by atoms with Crippen LogP contribution in [0, 0.1) is 0 Å². The Hall–Kier alpha value is -0.610. The van der Waals surface area contributed by atoms with Crippen molar-refractivity contribution < 1.29 is 4.79 Å². The van der Waals surface area contributed by atoms with Gasteiger partial charge in [0.15, 0.2) is 0 Å². The number of carbonyl (C=O) groups excluding carboxylic acids is 1. The summed E-state index contributed by atoms with van der Waals surface area (Å²) in [5, 5.41) is 2.92. The molecule has 1 aliphatic rings.